The van der Waals surface area contributed by atoms with Gasteiger partial charge in [-0.3, -0.25) is 4.79 Å². The van der Waals surface area contributed by atoms with E-state index in [0.29, 0.717) is 5.69 Å². The summed E-state index contributed by atoms with van der Waals surface area (Å²) in [5, 5.41) is 5.37. The fraction of sp³-hybridized carbons (Fsp3) is 0.545. The molecule has 0 aliphatic carbocycles. The molecule has 0 radical (unpaired) electrons. The predicted molar refractivity (Wildman–Crippen MR) is 69.6 cm³/mol. The molecule has 1 heterocycles. The molecule has 0 aliphatic rings. The largest absolute Gasteiger partial charge is 0.444 e. The molecule has 0 saturated carbocycles. The van der Waals surface area contributed by atoms with Crippen LogP contribution in [-0.4, -0.2) is 33.6 Å². The lowest BCUT2D eigenvalue weighted by molar-refractivity contribution is -0.120. The Labute approximate surface area is 115 Å². The minimum Gasteiger partial charge on any atom is -0.444 e. The first-order valence-corrected chi connectivity index (χ1v) is 5.87. The Balaban J connectivity index is 2.75. The number of azide groups is 1. The zero-order chi connectivity index (χ0) is 15.2. The van der Waals surface area contributed by atoms with Gasteiger partial charge in [-0.25, -0.2) is 9.78 Å². The summed E-state index contributed by atoms with van der Waals surface area (Å²) in [5.74, 6) is -0.798. The number of hydrogen-bond acceptors (Lipinski definition) is 4. The lowest BCUT2D eigenvalue weighted by Crippen LogP contribution is -2.44. The second-order valence-corrected chi connectivity index (χ2v) is 5.01. The standard InChI is InChI=1S/C11H16N6O3/c1-11(2,3)20-10(19)15-8(9(18)16-17-12)4-7-5-13-6-14-7/h5-6,8H,4H2,1-3H3,(H,13,14)(H,15,19)/t8-/m1/s1. The number of aromatic nitrogens is 2. The first-order valence-electron chi connectivity index (χ1n) is 5.87. The number of rotatable bonds is 4. The maximum Gasteiger partial charge on any atom is 0.408 e. The summed E-state index contributed by atoms with van der Waals surface area (Å²) in [4.78, 5) is 32.3. The number of alkyl carbamates (subject to hydrolysis) is 1. The predicted octanol–water partition coefficient (Wildman–Crippen LogP) is 1.68. The highest BCUT2D eigenvalue weighted by Gasteiger charge is 2.24. The molecule has 0 saturated heterocycles. The number of amides is 2. The monoisotopic (exact) mass is 280 g/mol. The van der Waals surface area contributed by atoms with Gasteiger partial charge in [0.05, 0.1) is 6.33 Å². The molecule has 9 heteroatoms. The number of imidazole rings is 1. The van der Waals surface area contributed by atoms with E-state index in [1.807, 2.05) is 0 Å². The summed E-state index contributed by atoms with van der Waals surface area (Å²) < 4.78 is 5.05. The fourth-order valence-electron chi connectivity index (χ4n) is 1.38. The summed E-state index contributed by atoms with van der Waals surface area (Å²) in [5.41, 5.74) is 8.23. The highest BCUT2D eigenvalue weighted by molar-refractivity contribution is 5.86. The van der Waals surface area contributed by atoms with Crippen molar-refractivity contribution in [1.29, 1.82) is 0 Å². The van der Waals surface area contributed by atoms with Crippen molar-refractivity contribution in [3.05, 3.63) is 28.7 Å². The van der Waals surface area contributed by atoms with Gasteiger partial charge in [-0.05, 0) is 31.4 Å². The van der Waals surface area contributed by atoms with Gasteiger partial charge in [-0.15, -0.1) is 0 Å². The molecule has 0 bridgehead atoms. The molecule has 1 aromatic heterocycles. The molecular weight excluding hydrogens is 264 g/mol. The van der Waals surface area contributed by atoms with Crippen LogP contribution in [0.2, 0.25) is 0 Å². The van der Waals surface area contributed by atoms with Crippen molar-refractivity contribution in [2.24, 2.45) is 5.11 Å². The summed E-state index contributed by atoms with van der Waals surface area (Å²) in [7, 11) is 0. The maximum absolute atomic E-state index is 11.7. The normalized spacial score (nSPS) is 12.2. The molecule has 0 spiro atoms. The van der Waals surface area contributed by atoms with Crippen molar-refractivity contribution in [3.8, 4) is 0 Å². The van der Waals surface area contributed by atoms with E-state index in [1.54, 1.807) is 20.8 Å². The number of ether oxygens (including phenoxy) is 1. The number of nitrogens with zero attached hydrogens (tertiary/aromatic N) is 4. The number of H-pyrrole nitrogens is 1. The zero-order valence-corrected chi connectivity index (χ0v) is 11.5. The molecule has 2 N–H and O–H groups in total. The lowest BCUT2D eigenvalue weighted by Gasteiger charge is -2.22. The molecule has 9 nitrogen and oxygen atoms in total. The average molecular weight is 280 g/mol. The first kappa shape index (κ1) is 15.5. The molecule has 2 amide bonds. The molecule has 1 aromatic rings. The van der Waals surface area contributed by atoms with Crippen LogP contribution in [0, 0.1) is 0 Å². The van der Waals surface area contributed by atoms with Gasteiger partial charge in [-0.1, -0.05) is 0 Å². The van der Waals surface area contributed by atoms with Crippen LogP contribution in [0.5, 0.6) is 0 Å². The van der Waals surface area contributed by atoms with E-state index in [9.17, 15) is 9.59 Å². The van der Waals surface area contributed by atoms with Crippen LogP contribution in [0.15, 0.2) is 17.6 Å². The van der Waals surface area contributed by atoms with E-state index in [-0.39, 0.29) is 6.42 Å². The van der Waals surface area contributed by atoms with E-state index < -0.39 is 23.6 Å². The van der Waals surface area contributed by atoms with Crippen LogP contribution in [-0.2, 0) is 16.0 Å². The second kappa shape index (κ2) is 6.58. The number of aromatic amines is 1. The van der Waals surface area contributed by atoms with Crippen LogP contribution < -0.4 is 5.32 Å². The third-order valence-corrected chi connectivity index (χ3v) is 2.11. The van der Waals surface area contributed by atoms with Crippen LogP contribution >= 0.6 is 0 Å². The number of carbonyl (C=O) groups excluding carboxylic acids is 2. The second-order valence-electron chi connectivity index (χ2n) is 5.01. The first-order chi connectivity index (χ1) is 9.31. The molecule has 1 rings (SSSR count). The van der Waals surface area contributed by atoms with E-state index in [1.165, 1.54) is 12.5 Å². The highest BCUT2D eigenvalue weighted by atomic mass is 16.6. The van der Waals surface area contributed by atoms with Crippen molar-refractivity contribution in [2.75, 3.05) is 0 Å². The van der Waals surface area contributed by atoms with Gasteiger partial charge in [-0.2, -0.15) is 0 Å². The van der Waals surface area contributed by atoms with Crippen molar-refractivity contribution >= 4 is 12.0 Å². The molecule has 0 aliphatic heterocycles. The van der Waals surface area contributed by atoms with E-state index >= 15 is 0 Å². The van der Waals surface area contributed by atoms with Crippen LogP contribution in [0.1, 0.15) is 26.5 Å². The molecular formula is C11H16N6O3. The van der Waals surface area contributed by atoms with Gasteiger partial charge in [0.15, 0.2) is 0 Å². The van der Waals surface area contributed by atoms with Crippen molar-refractivity contribution in [2.45, 2.75) is 38.8 Å². The molecule has 20 heavy (non-hydrogen) atoms. The van der Waals surface area contributed by atoms with Gasteiger partial charge in [0.25, 0.3) is 0 Å². The Morgan fingerprint density at radius 1 is 1.60 bits per heavy atom. The van der Waals surface area contributed by atoms with E-state index in [0.717, 1.165) is 0 Å². The Morgan fingerprint density at radius 3 is 2.80 bits per heavy atom. The van der Waals surface area contributed by atoms with Crippen LogP contribution in [0.25, 0.3) is 10.4 Å². The molecule has 1 atom stereocenters. The SMILES string of the molecule is CC(C)(C)OC(=O)N[C@H](Cc1cnc[nH]1)C(=O)N=[N+]=[N-]. The Bertz CT molecular complexity index is 513. The minimum absolute atomic E-state index is 0.122. The molecule has 0 unspecified atom stereocenters. The Hall–Kier alpha value is -2.54. The molecule has 0 aromatic carbocycles. The van der Waals surface area contributed by atoms with Gasteiger partial charge in [0, 0.05) is 23.2 Å². The third-order valence-electron chi connectivity index (χ3n) is 2.11. The topological polar surface area (TPSA) is 133 Å². The summed E-state index contributed by atoms with van der Waals surface area (Å²) in [6.07, 6.45) is 2.31. The number of hydrogen-bond donors (Lipinski definition) is 2. The number of nitrogens with one attached hydrogen (secondary N) is 2. The van der Waals surface area contributed by atoms with Gasteiger partial charge in [0.1, 0.15) is 11.6 Å². The summed E-state index contributed by atoms with van der Waals surface area (Å²) in [6.45, 7) is 5.10. The van der Waals surface area contributed by atoms with E-state index in [4.69, 9.17) is 10.3 Å². The van der Waals surface area contributed by atoms with E-state index in [2.05, 4.69) is 25.3 Å². The fourth-order valence-corrected chi connectivity index (χ4v) is 1.38. The smallest absolute Gasteiger partial charge is 0.408 e. The highest BCUT2D eigenvalue weighted by Crippen LogP contribution is 2.08. The van der Waals surface area contributed by atoms with Crippen molar-refractivity contribution in [1.82, 2.24) is 15.3 Å². The third kappa shape index (κ3) is 5.40. The zero-order valence-electron chi connectivity index (χ0n) is 11.5. The average Bonchev–Trinajstić information content (AvgIpc) is 2.78. The Morgan fingerprint density at radius 2 is 2.30 bits per heavy atom. The van der Waals surface area contributed by atoms with Crippen LogP contribution in [0.3, 0.4) is 0 Å². The minimum atomic E-state index is -1.01. The summed E-state index contributed by atoms with van der Waals surface area (Å²) >= 11 is 0. The maximum atomic E-state index is 11.7. The van der Waals surface area contributed by atoms with Crippen molar-refractivity contribution in [3.63, 3.8) is 0 Å². The van der Waals surface area contributed by atoms with Crippen LogP contribution in [0.4, 0.5) is 4.79 Å². The van der Waals surface area contributed by atoms with Crippen molar-refractivity contribution < 1.29 is 14.3 Å². The number of carbonyl (C=O) groups is 2. The molecule has 108 valence electrons. The lowest BCUT2D eigenvalue weighted by atomic mass is 10.1. The van der Waals surface area contributed by atoms with Gasteiger partial charge in [0.2, 0.25) is 5.91 Å². The van der Waals surface area contributed by atoms with Gasteiger partial charge >= 0.3 is 6.09 Å². The summed E-state index contributed by atoms with van der Waals surface area (Å²) in [6, 6.07) is -1.01. The molecule has 0 fully saturated rings. The Kier molecular flexibility index (Phi) is 5.10. The van der Waals surface area contributed by atoms with Gasteiger partial charge < -0.3 is 15.0 Å². The quantitative estimate of drug-likeness (QED) is 0.493.